The topological polar surface area (TPSA) is 81.4 Å². The standard InChI is InChI=1S/C22H16F5N5O.ClH/c23-21(24)5-7-29-9-16(21)31-18(33)19-10-20(19,22(25,26)27)12-32(11-19)15-4-3-13(8-28)17-14(15)2-1-6-30-17;/h1-7,9,16H,10-12H2,(H,31,33);1H/t16-,19-,20-;/m0./s1. The van der Waals surface area contributed by atoms with E-state index in [0.717, 1.165) is 12.4 Å². The molecule has 6 nitrogen and oxygen atoms in total. The number of rotatable bonds is 3. The second-order valence-electron chi connectivity index (χ2n) is 8.58. The maximum atomic E-state index is 14.2. The number of nitrogens with zero attached hydrogens (tertiary/aromatic N) is 4. The predicted octanol–water partition coefficient (Wildman–Crippen LogP) is 4.01. The number of hydrogen-bond donors (Lipinski definition) is 1. The molecule has 2 fully saturated rings. The van der Waals surface area contributed by atoms with Crippen LogP contribution < -0.4 is 10.2 Å². The van der Waals surface area contributed by atoms with Gasteiger partial charge in [-0.3, -0.25) is 14.8 Å². The molecule has 0 radical (unpaired) electrons. The van der Waals surface area contributed by atoms with Crippen molar-refractivity contribution in [1.82, 2.24) is 10.3 Å². The summed E-state index contributed by atoms with van der Waals surface area (Å²) in [5, 5.41) is 11.9. The Morgan fingerprint density at radius 1 is 1.24 bits per heavy atom. The number of aromatic nitrogens is 1. The zero-order valence-electron chi connectivity index (χ0n) is 17.3. The van der Waals surface area contributed by atoms with E-state index in [4.69, 9.17) is 0 Å². The molecule has 34 heavy (non-hydrogen) atoms. The number of carbonyl (C=O) groups is 1. The molecule has 3 atom stereocenters. The van der Waals surface area contributed by atoms with Crippen LogP contribution in [-0.2, 0) is 4.79 Å². The van der Waals surface area contributed by atoms with Crippen LogP contribution in [0.1, 0.15) is 12.0 Å². The van der Waals surface area contributed by atoms with E-state index in [2.05, 4.69) is 15.3 Å². The first-order valence-corrected chi connectivity index (χ1v) is 10.0. The minimum atomic E-state index is -4.72. The molecular weight excluding hydrogens is 481 g/mol. The van der Waals surface area contributed by atoms with Gasteiger partial charge in [0.15, 0.2) is 0 Å². The summed E-state index contributed by atoms with van der Waals surface area (Å²) in [6, 6.07) is 6.40. The second-order valence-corrected chi connectivity index (χ2v) is 8.58. The number of benzene rings is 1. The Balaban J connectivity index is 0.00000274. The number of fused-ring (bicyclic) bond motifs is 2. The fourth-order valence-corrected chi connectivity index (χ4v) is 5.01. The van der Waals surface area contributed by atoms with Crippen LogP contribution in [0.2, 0.25) is 0 Å². The van der Waals surface area contributed by atoms with Crippen LogP contribution in [0.5, 0.6) is 0 Å². The largest absolute Gasteiger partial charge is 0.397 e. The van der Waals surface area contributed by atoms with Gasteiger partial charge in [-0.15, -0.1) is 12.4 Å². The van der Waals surface area contributed by atoms with Gasteiger partial charge in [0.25, 0.3) is 5.92 Å². The van der Waals surface area contributed by atoms with Crippen LogP contribution in [0, 0.1) is 22.2 Å². The van der Waals surface area contributed by atoms with E-state index in [-0.39, 0.29) is 24.5 Å². The van der Waals surface area contributed by atoms with E-state index in [1.54, 1.807) is 12.1 Å². The van der Waals surface area contributed by atoms with Gasteiger partial charge in [0.05, 0.1) is 16.5 Å². The van der Waals surface area contributed by atoms with Crippen molar-refractivity contribution in [3.8, 4) is 6.07 Å². The number of nitriles is 1. The van der Waals surface area contributed by atoms with Gasteiger partial charge in [-0.2, -0.15) is 27.2 Å². The molecular formula is C22H17ClF5N5O. The molecule has 12 heteroatoms. The van der Waals surface area contributed by atoms with E-state index in [1.807, 2.05) is 6.07 Å². The summed E-state index contributed by atoms with van der Waals surface area (Å²) in [6.07, 6.45) is -1.54. The van der Waals surface area contributed by atoms with Crippen molar-refractivity contribution in [2.45, 2.75) is 24.6 Å². The molecule has 1 saturated heterocycles. The number of pyridine rings is 1. The van der Waals surface area contributed by atoms with Gasteiger partial charge >= 0.3 is 6.18 Å². The monoisotopic (exact) mass is 497 g/mol. The number of hydrogen-bond acceptors (Lipinski definition) is 5. The van der Waals surface area contributed by atoms with E-state index in [1.165, 1.54) is 23.2 Å². The van der Waals surface area contributed by atoms with Gasteiger partial charge in [0.2, 0.25) is 5.91 Å². The highest BCUT2D eigenvalue weighted by Gasteiger charge is 2.86. The molecule has 1 aliphatic carbocycles. The molecule has 3 heterocycles. The van der Waals surface area contributed by atoms with Crippen molar-refractivity contribution >= 4 is 41.1 Å². The normalized spacial score (nSPS) is 28.7. The highest BCUT2D eigenvalue weighted by atomic mass is 35.5. The molecule has 5 rings (SSSR count). The van der Waals surface area contributed by atoms with Crippen molar-refractivity contribution in [3.63, 3.8) is 0 Å². The maximum Gasteiger partial charge on any atom is 0.397 e. The number of piperidine rings is 1. The quantitative estimate of drug-likeness (QED) is 0.650. The Bertz CT molecular complexity index is 1270. The second kappa shape index (κ2) is 7.63. The average Bonchev–Trinajstić information content (AvgIpc) is 3.32. The summed E-state index contributed by atoms with van der Waals surface area (Å²) < 4.78 is 70.8. The van der Waals surface area contributed by atoms with E-state index in [9.17, 15) is 32.0 Å². The number of halogens is 6. The molecule has 0 unspecified atom stereocenters. The third kappa shape index (κ3) is 3.23. The van der Waals surface area contributed by atoms with Gasteiger partial charge in [0.1, 0.15) is 17.5 Å². The average molecular weight is 498 g/mol. The minimum absolute atomic E-state index is 0. The number of alkyl halides is 5. The van der Waals surface area contributed by atoms with Gasteiger partial charge in [0, 0.05) is 48.9 Å². The number of amides is 1. The summed E-state index contributed by atoms with van der Waals surface area (Å²) in [5.74, 6) is -4.54. The van der Waals surface area contributed by atoms with E-state index >= 15 is 0 Å². The van der Waals surface area contributed by atoms with Crippen molar-refractivity contribution in [2.24, 2.45) is 15.8 Å². The molecule has 2 aliphatic heterocycles. The lowest BCUT2D eigenvalue weighted by atomic mass is 9.94. The molecule has 1 aromatic heterocycles. The molecule has 178 valence electrons. The van der Waals surface area contributed by atoms with E-state index in [0.29, 0.717) is 22.7 Å². The number of aliphatic imine (C=N–C) groups is 1. The molecule has 1 N–H and O–H groups in total. The molecule has 1 amide bonds. The summed E-state index contributed by atoms with van der Waals surface area (Å²) in [4.78, 5) is 22.2. The van der Waals surface area contributed by atoms with Crippen LogP contribution in [0.15, 0.2) is 47.7 Å². The fourth-order valence-electron chi connectivity index (χ4n) is 5.01. The fraction of sp³-hybridized carbons (Fsp3) is 0.364. The summed E-state index contributed by atoms with van der Waals surface area (Å²) >= 11 is 0. The molecule has 1 saturated carbocycles. The zero-order valence-corrected chi connectivity index (χ0v) is 18.1. The smallest absolute Gasteiger partial charge is 0.369 e. The van der Waals surface area contributed by atoms with Gasteiger partial charge < -0.3 is 10.2 Å². The Morgan fingerprint density at radius 3 is 2.68 bits per heavy atom. The zero-order chi connectivity index (χ0) is 23.6. The van der Waals surface area contributed by atoms with Crippen LogP contribution in [0.4, 0.5) is 27.6 Å². The summed E-state index contributed by atoms with van der Waals surface area (Å²) in [6.45, 7) is -0.811. The third-order valence-electron chi connectivity index (χ3n) is 6.82. The van der Waals surface area contributed by atoms with Crippen molar-refractivity contribution < 1.29 is 26.7 Å². The van der Waals surface area contributed by atoms with Gasteiger partial charge in [-0.05, 0) is 30.7 Å². The minimum Gasteiger partial charge on any atom is -0.369 e. The Labute approximate surface area is 196 Å². The van der Waals surface area contributed by atoms with Crippen molar-refractivity contribution in [3.05, 3.63) is 48.3 Å². The van der Waals surface area contributed by atoms with Crippen LogP contribution >= 0.6 is 12.4 Å². The lowest BCUT2D eigenvalue weighted by molar-refractivity contribution is -0.191. The van der Waals surface area contributed by atoms with Crippen LogP contribution in [-0.4, -0.2) is 48.3 Å². The first-order valence-electron chi connectivity index (χ1n) is 10.0. The molecule has 0 bridgehead atoms. The first-order chi connectivity index (χ1) is 15.5. The van der Waals surface area contributed by atoms with Crippen LogP contribution in [0.25, 0.3) is 10.9 Å². The predicted molar refractivity (Wildman–Crippen MR) is 116 cm³/mol. The van der Waals surface area contributed by atoms with Gasteiger partial charge in [-0.25, -0.2) is 0 Å². The first kappa shape index (κ1) is 23.9. The Hall–Kier alpha value is -3.26. The SMILES string of the molecule is Cl.N#Cc1ccc(N2C[C@]3(C(=O)N[C@H]4C=NC=CC4(F)F)C[C@]3(C(F)(F)F)C2)c2cccnc12. The van der Waals surface area contributed by atoms with Gasteiger partial charge in [-0.1, -0.05) is 0 Å². The molecule has 3 aliphatic rings. The Kier molecular flexibility index (Phi) is 5.36. The highest BCUT2D eigenvalue weighted by molar-refractivity contribution is 5.97. The lowest BCUT2D eigenvalue weighted by Crippen LogP contribution is -2.52. The molecule has 1 aromatic carbocycles. The van der Waals surface area contributed by atoms with Crippen molar-refractivity contribution in [2.75, 3.05) is 18.0 Å². The number of nitrogens with one attached hydrogen (secondary N) is 1. The summed E-state index contributed by atoms with van der Waals surface area (Å²) in [5.41, 5.74) is -3.26. The highest BCUT2D eigenvalue weighted by Crippen LogP contribution is 2.75. The third-order valence-corrected chi connectivity index (χ3v) is 6.82. The lowest BCUT2D eigenvalue weighted by Gasteiger charge is -2.27. The number of anilines is 1. The molecule has 0 spiro atoms. The van der Waals surface area contributed by atoms with Crippen molar-refractivity contribution in [1.29, 1.82) is 5.26 Å². The summed E-state index contributed by atoms with van der Waals surface area (Å²) in [7, 11) is 0. The maximum absolute atomic E-state index is 14.2. The van der Waals surface area contributed by atoms with Crippen LogP contribution in [0.3, 0.4) is 0 Å². The number of carbonyl (C=O) groups excluding carboxylic acids is 1. The van der Waals surface area contributed by atoms with E-state index < -0.39 is 47.8 Å². The Morgan fingerprint density at radius 2 is 2.00 bits per heavy atom. The molecule has 2 aromatic rings.